The first kappa shape index (κ1) is 40.1. The van der Waals surface area contributed by atoms with Gasteiger partial charge in [-0.3, -0.25) is 0 Å². The number of nitrogens with zero attached hydrogens (tertiary/aromatic N) is 4. The summed E-state index contributed by atoms with van der Waals surface area (Å²) in [5.74, 6) is 1.79. The Hall–Kier alpha value is -9.25. The molecule has 0 aliphatic rings. The molecule has 11 aromatic carbocycles. The molecule has 322 valence electrons. The van der Waals surface area contributed by atoms with Gasteiger partial charge in [0, 0.05) is 55.1 Å². The number of fused-ring (bicyclic) bond motifs is 6. The summed E-state index contributed by atoms with van der Waals surface area (Å²) in [6.45, 7) is 0. The van der Waals surface area contributed by atoms with Crippen LogP contribution < -0.4 is 0 Å². The second-order valence-electron chi connectivity index (χ2n) is 17.5. The van der Waals surface area contributed by atoms with Crippen LogP contribution in [0.5, 0.6) is 0 Å². The average Bonchev–Trinajstić information content (AvgIpc) is 3.76. The van der Waals surface area contributed by atoms with E-state index in [1.165, 1.54) is 32.3 Å². The van der Waals surface area contributed by atoms with E-state index in [0.29, 0.717) is 17.5 Å². The fraction of sp³-hybridized carbons (Fsp3) is 0. The maximum atomic E-state index is 5.58. The predicted molar refractivity (Wildman–Crippen MR) is 287 cm³/mol. The molecule has 0 radical (unpaired) electrons. The molecule has 0 fully saturated rings. The molecule has 0 aliphatic heterocycles. The molecule has 0 atom stereocenters. The zero-order valence-electron chi connectivity index (χ0n) is 37.5. The summed E-state index contributed by atoms with van der Waals surface area (Å²) < 4.78 is 2.59. The third kappa shape index (κ3) is 6.89. The monoisotopic (exact) mass is 878 g/mol. The zero-order valence-corrected chi connectivity index (χ0v) is 37.5. The largest absolute Gasteiger partial charge is 0.307 e. The zero-order chi connectivity index (χ0) is 45.7. The van der Waals surface area contributed by atoms with E-state index in [9.17, 15) is 0 Å². The number of benzene rings is 11. The van der Waals surface area contributed by atoms with Gasteiger partial charge in [-0.25, -0.2) is 15.0 Å². The van der Waals surface area contributed by atoms with Crippen molar-refractivity contribution in [3.8, 4) is 84.4 Å². The molecule has 4 heteroatoms. The third-order valence-corrected chi connectivity index (χ3v) is 13.4. The van der Waals surface area contributed by atoms with E-state index < -0.39 is 0 Å². The SMILES string of the molecule is c1ccc(-c2nc(-c3ccccc3)nc(-c3c(-c4ccccc4)c(-c4ccccc4)c(-n4c5cc6ccccc6cc5c5ccc6ccccc6c54)c(-c4ccccc4)c3-c3ccccc3)n2)cc1. The minimum atomic E-state index is 0.583. The molecule has 0 saturated heterocycles. The first-order valence-corrected chi connectivity index (χ1v) is 23.4. The fourth-order valence-electron chi connectivity index (χ4n) is 10.4. The molecule has 0 amide bonds. The van der Waals surface area contributed by atoms with Crippen molar-refractivity contribution in [2.75, 3.05) is 0 Å². The molecule has 0 unspecified atom stereocenters. The van der Waals surface area contributed by atoms with Crippen LogP contribution in [0.3, 0.4) is 0 Å². The van der Waals surface area contributed by atoms with Crippen LogP contribution in [-0.2, 0) is 0 Å². The summed E-state index contributed by atoms with van der Waals surface area (Å²) in [6, 6.07) is 91.0. The van der Waals surface area contributed by atoms with Gasteiger partial charge in [-0.15, -0.1) is 0 Å². The van der Waals surface area contributed by atoms with Crippen LogP contribution in [0.4, 0.5) is 0 Å². The lowest BCUT2D eigenvalue weighted by molar-refractivity contribution is 1.07. The Morgan fingerprint density at radius 1 is 0.246 bits per heavy atom. The molecule has 0 saturated carbocycles. The fourth-order valence-corrected chi connectivity index (χ4v) is 10.4. The Kier molecular flexibility index (Phi) is 9.80. The van der Waals surface area contributed by atoms with Crippen LogP contribution in [-0.4, -0.2) is 19.5 Å². The van der Waals surface area contributed by atoms with Gasteiger partial charge in [-0.1, -0.05) is 243 Å². The van der Waals surface area contributed by atoms with E-state index in [1.54, 1.807) is 0 Å². The summed E-state index contributed by atoms with van der Waals surface area (Å²) in [5.41, 5.74) is 14.5. The van der Waals surface area contributed by atoms with Crippen molar-refractivity contribution in [2.24, 2.45) is 0 Å². The first-order chi connectivity index (χ1) is 34.3. The number of aromatic nitrogens is 4. The van der Waals surface area contributed by atoms with Gasteiger partial charge in [-0.05, 0) is 50.5 Å². The van der Waals surface area contributed by atoms with Crippen LogP contribution in [0.15, 0.2) is 255 Å². The van der Waals surface area contributed by atoms with Crippen molar-refractivity contribution in [3.05, 3.63) is 255 Å². The number of hydrogen-bond donors (Lipinski definition) is 0. The minimum absolute atomic E-state index is 0.583. The molecular weight excluding hydrogens is 837 g/mol. The molecular formula is C65H42N4. The van der Waals surface area contributed by atoms with Gasteiger partial charge in [-0.2, -0.15) is 0 Å². The van der Waals surface area contributed by atoms with Crippen molar-refractivity contribution in [2.45, 2.75) is 0 Å². The summed E-state index contributed by atoms with van der Waals surface area (Å²) in [7, 11) is 0. The van der Waals surface area contributed by atoms with E-state index in [0.717, 1.165) is 77.9 Å². The van der Waals surface area contributed by atoms with E-state index in [-0.39, 0.29) is 0 Å². The van der Waals surface area contributed by atoms with Gasteiger partial charge < -0.3 is 4.57 Å². The van der Waals surface area contributed by atoms with Crippen molar-refractivity contribution in [1.29, 1.82) is 0 Å². The second kappa shape index (κ2) is 16.9. The van der Waals surface area contributed by atoms with Crippen molar-refractivity contribution >= 4 is 43.4 Å². The summed E-state index contributed by atoms with van der Waals surface area (Å²) in [5, 5.41) is 7.12. The average molecular weight is 879 g/mol. The Labute approximate surface area is 400 Å². The van der Waals surface area contributed by atoms with Gasteiger partial charge in [0.15, 0.2) is 17.5 Å². The standard InChI is InChI=1S/C65H42N4/c1-7-24-44(25-8-1)56-58(46-28-11-3-12-29-46)62(69-55-42-51-37-20-19-36-50(51)41-54(55)53-40-39-43-23-21-22-38-52(43)61(53)69)59(47-30-13-4-14-31-47)57(45-26-9-2-10-27-45)60(56)65-67-63(48-32-15-5-16-33-48)66-64(68-65)49-34-17-6-18-35-49/h1-42H. The van der Waals surface area contributed by atoms with Gasteiger partial charge in [0.1, 0.15) is 0 Å². The number of rotatable bonds is 8. The van der Waals surface area contributed by atoms with Gasteiger partial charge in [0.25, 0.3) is 0 Å². The van der Waals surface area contributed by atoms with Gasteiger partial charge in [0.05, 0.1) is 16.7 Å². The highest BCUT2D eigenvalue weighted by Crippen LogP contribution is 2.55. The van der Waals surface area contributed by atoms with Crippen LogP contribution in [0.2, 0.25) is 0 Å². The molecule has 69 heavy (non-hydrogen) atoms. The van der Waals surface area contributed by atoms with Crippen LogP contribution in [0.1, 0.15) is 0 Å². The highest BCUT2D eigenvalue weighted by molar-refractivity contribution is 6.23. The molecule has 4 nitrogen and oxygen atoms in total. The number of hydrogen-bond acceptors (Lipinski definition) is 3. The third-order valence-electron chi connectivity index (χ3n) is 13.4. The molecule has 2 heterocycles. The van der Waals surface area contributed by atoms with E-state index in [2.05, 4.69) is 223 Å². The Bertz CT molecular complexity index is 3860. The van der Waals surface area contributed by atoms with Crippen LogP contribution in [0.25, 0.3) is 128 Å². The molecule has 2 aromatic heterocycles. The Balaban J connectivity index is 1.34. The lowest BCUT2D eigenvalue weighted by Crippen LogP contribution is -2.09. The lowest BCUT2D eigenvalue weighted by Gasteiger charge is -2.29. The predicted octanol–water partition coefficient (Wildman–Crippen LogP) is 16.9. The molecule has 13 rings (SSSR count). The second-order valence-corrected chi connectivity index (χ2v) is 17.5. The molecule has 0 spiro atoms. The lowest BCUT2D eigenvalue weighted by atomic mass is 9.79. The maximum Gasteiger partial charge on any atom is 0.165 e. The molecule has 0 bridgehead atoms. The summed E-state index contributed by atoms with van der Waals surface area (Å²) in [4.78, 5) is 16.4. The van der Waals surface area contributed by atoms with Gasteiger partial charge in [0.2, 0.25) is 0 Å². The molecule has 0 aliphatic carbocycles. The molecule has 13 aromatic rings. The smallest absolute Gasteiger partial charge is 0.165 e. The minimum Gasteiger partial charge on any atom is -0.307 e. The van der Waals surface area contributed by atoms with Gasteiger partial charge >= 0.3 is 0 Å². The van der Waals surface area contributed by atoms with Crippen molar-refractivity contribution in [3.63, 3.8) is 0 Å². The Morgan fingerprint density at radius 3 is 1.10 bits per heavy atom. The topological polar surface area (TPSA) is 43.6 Å². The van der Waals surface area contributed by atoms with Crippen molar-refractivity contribution in [1.82, 2.24) is 19.5 Å². The van der Waals surface area contributed by atoms with E-state index >= 15 is 0 Å². The van der Waals surface area contributed by atoms with E-state index in [1.807, 2.05) is 36.4 Å². The first-order valence-electron chi connectivity index (χ1n) is 23.4. The van der Waals surface area contributed by atoms with Crippen molar-refractivity contribution < 1.29 is 0 Å². The maximum absolute atomic E-state index is 5.58. The quantitative estimate of drug-likeness (QED) is 0.153. The van der Waals surface area contributed by atoms with E-state index in [4.69, 9.17) is 15.0 Å². The highest BCUT2D eigenvalue weighted by Gasteiger charge is 2.33. The van der Waals surface area contributed by atoms with Crippen LogP contribution in [0, 0.1) is 0 Å². The molecule has 0 N–H and O–H groups in total. The normalized spacial score (nSPS) is 11.5. The summed E-state index contributed by atoms with van der Waals surface area (Å²) in [6.07, 6.45) is 0. The highest BCUT2D eigenvalue weighted by atomic mass is 15.0. The summed E-state index contributed by atoms with van der Waals surface area (Å²) >= 11 is 0. The Morgan fingerprint density at radius 2 is 0.623 bits per heavy atom. The van der Waals surface area contributed by atoms with Crippen LogP contribution >= 0.6 is 0 Å².